The Labute approximate surface area is 226 Å². The molecule has 1 aliphatic heterocycles. The molecule has 1 aliphatic rings. The number of anilines is 1. The Balaban J connectivity index is 1.95. The minimum atomic E-state index is -0.225. The smallest absolute Gasteiger partial charge is 0.224 e. The molecular weight excluding hydrogens is 480 g/mol. The fraction of sp³-hybridized carbons (Fsp3) is 0.500. The highest BCUT2D eigenvalue weighted by Crippen LogP contribution is 2.40. The maximum Gasteiger partial charge on any atom is 0.224 e. The number of rotatable bonds is 11. The van der Waals surface area contributed by atoms with Crippen LogP contribution in [-0.2, 0) is 23.2 Å². The molecule has 0 aliphatic carbocycles. The summed E-state index contributed by atoms with van der Waals surface area (Å²) in [4.78, 5) is 29.7. The number of fused-ring (bicyclic) bond motifs is 1. The van der Waals surface area contributed by atoms with Gasteiger partial charge in [-0.1, -0.05) is 20.8 Å². The molecule has 0 spiro atoms. The molecule has 0 bridgehead atoms. The van der Waals surface area contributed by atoms with Gasteiger partial charge < -0.3 is 24.6 Å². The van der Waals surface area contributed by atoms with Gasteiger partial charge in [0.15, 0.2) is 5.78 Å². The SMILES string of the molecule is CCOc1cc2c(cc1CC(=O)NC)C(=N)N(CC(=O)c1cc(N(CC)CC)c(OC)c(C(C)(C)C)c1)C2. The van der Waals surface area contributed by atoms with E-state index in [4.69, 9.17) is 14.9 Å². The lowest BCUT2D eigenvalue weighted by molar-refractivity contribution is -0.119. The first-order valence-electron chi connectivity index (χ1n) is 13.3. The summed E-state index contributed by atoms with van der Waals surface area (Å²) in [6.07, 6.45) is 0.168. The Hall–Kier alpha value is -3.55. The number of carbonyl (C=O) groups excluding carboxylic acids is 2. The lowest BCUT2D eigenvalue weighted by atomic mass is 9.84. The summed E-state index contributed by atoms with van der Waals surface area (Å²) >= 11 is 0. The van der Waals surface area contributed by atoms with Crippen LogP contribution in [0.5, 0.6) is 11.5 Å². The zero-order valence-electron chi connectivity index (χ0n) is 24.1. The van der Waals surface area contributed by atoms with E-state index in [9.17, 15) is 9.59 Å². The summed E-state index contributed by atoms with van der Waals surface area (Å²) in [7, 11) is 3.28. The molecule has 38 heavy (non-hydrogen) atoms. The van der Waals surface area contributed by atoms with Crippen LogP contribution in [-0.4, -0.2) is 62.8 Å². The predicted molar refractivity (Wildman–Crippen MR) is 152 cm³/mol. The van der Waals surface area contributed by atoms with Crippen molar-refractivity contribution in [3.63, 3.8) is 0 Å². The summed E-state index contributed by atoms with van der Waals surface area (Å²) < 4.78 is 11.7. The van der Waals surface area contributed by atoms with E-state index < -0.39 is 0 Å². The number of carbonyl (C=O) groups is 2. The zero-order valence-corrected chi connectivity index (χ0v) is 24.1. The van der Waals surface area contributed by atoms with Crippen LogP contribution in [0.25, 0.3) is 0 Å². The van der Waals surface area contributed by atoms with Crippen LogP contribution in [0.3, 0.4) is 0 Å². The van der Waals surface area contributed by atoms with Crippen molar-refractivity contribution in [3.8, 4) is 11.5 Å². The molecule has 0 saturated heterocycles. The van der Waals surface area contributed by atoms with Crippen molar-refractivity contribution in [3.05, 3.63) is 52.1 Å². The third-order valence-electron chi connectivity index (χ3n) is 6.99. The minimum absolute atomic E-state index is 0.0558. The summed E-state index contributed by atoms with van der Waals surface area (Å²) in [5.74, 6) is 1.54. The second-order valence-electron chi connectivity index (χ2n) is 10.5. The van der Waals surface area contributed by atoms with E-state index in [0.717, 1.165) is 46.8 Å². The molecule has 2 aromatic rings. The van der Waals surface area contributed by atoms with Crippen molar-refractivity contribution in [2.75, 3.05) is 45.3 Å². The number of nitrogens with zero attached hydrogens (tertiary/aromatic N) is 2. The highest BCUT2D eigenvalue weighted by atomic mass is 16.5. The molecule has 0 radical (unpaired) electrons. The predicted octanol–water partition coefficient (Wildman–Crippen LogP) is 4.55. The van der Waals surface area contributed by atoms with Gasteiger partial charge in [-0.15, -0.1) is 0 Å². The number of methoxy groups -OCH3 is 1. The average molecular weight is 523 g/mol. The van der Waals surface area contributed by atoms with Gasteiger partial charge in [0, 0.05) is 48.9 Å². The van der Waals surface area contributed by atoms with Gasteiger partial charge in [-0.3, -0.25) is 15.0 Å². The molecule has 3 rings (SSSR count). The van der Waals surface area contributed by atoms with Crippen molar-refractivity contribution in [2.45, 2.75) is 59.9 Å². The number of likely N-dealkylation sites (N-methyl/N-ethyl adjacent to an activating group) is 1. The van der Waals surface area contributed by atoms with Gasteiger partial charge in [0.2, 0.25) is 5.91 Å². The number of amidine groups is 1. The molecule has 1 heterocycles. The van der Waals surface area contributed by atoms with Crippen LogP contribution in [0.2, 0.25) is 0 Å². The standard InChI is InChI=1S/C30H42N4O4/c1-9-33(10-2)24-14-19(13-23(28(24)37-8)30(4,5)6)25(35)18-34-17-21-15-26(38-11-3)20(16-27(36)32-7)12-22(21)29(34)31/h12-15,31H,9-11,16-18H2,1-8H3,(H,32,36). The molecule has 0 atom stereocenters. The monoisotopic (exact) mass is 522 g/mol. The Morgan fingerprint density at radius 2 is 1.79 bits per heavy atom. The van der Waals surface area contributed by atoms with Gasteiger partial charge in [-0.05, 0) is 56.0 Å². The number of ketones is 1. The van der Waals surface area contributed by atoms with E-state index in [-0.39, 0.29) is 35.9 Å². The molecule has 8 nitrogen and oxygen atoms in total. The number of ether oxygens (including phenoxy) is 2. The first-order valence-corrected chi connectivity index (χ1v) is 13.3. The molecule has 0 unspecified atom stereocenters. The topological polar surface area (TPSA) is 95.0 Å². The quantitative estimate of drug-likeness (QED) is 0.421. The molecule has 206 valence electrons. The lowest BCUT2D eigenvalue weighted by Gasteiger charge is -2.30. The summed E-state index contributed by atoms with van der Waals surface area (Å²) in [5, 5.41) is 11.5. The molecule has 0 aromatic heterocycles. The molecule has 0 fully saturated rings. The van der Waals surface area contributed by atoms with Gasteiger partial charge in [0.1, 0.15) is 17.3 Å². The van der Waals surface area contributed by atoms with Gasteiger partial charge in [0.05, 0.1) is 32.4 Å². The lowest BCUT2D eigenvalue weighted by Crippen LogP contribution is -2.31. The zero-order chi connectivity index (χ0) is 28.2. The Morgan fingerprint density at radius 1 is 1.11 bits per heavy atom. The van der Waals surface area contributed by atoms with E-state index in [1.54, 1.807) is 19.1 Å². The first-order chi connectivity index (χ1) is 18.0. The summed E-state index contributed by atoms with van der Waals surface area (Å²) in [5.41, 5.74) is 4.65. The maximum atomic E-state index is 13.7. The van der Waals surface area contributed by atoms with Crippen LogP contribution in [0.4, 0.5) is 5.69 Å². The van der Waals surface area contributed by atoms with Crippen molar-refractivity contribution >= 4 is 23.2 Å². The average Bonchev–Trinajstić information content (AvgIpc) is 3.17. The highest BCUT2D eigenvalue weighted by molar-refractivity contribution is 6.06. The Bertz CT molecular complexity index is 1210. The molecule has 1 amide bonds. The maximum absolute atomic E-state index is 13.7. The van der Waals surface area contributed by atoms with Crippen molar-refractivity contribution in [1.29, 1.82) is 5.41 Å². The largest absolute Gasteiger partial charge is 0.494 e. The van der Waals surface area contributed by atoms with Crippen LogP contribution >= 0.6 is 0 Å². The third-order valence-corrected chi connectivity index (χ3v) is 6.99. The molecule has 2 aromatic carbocycles. The molecular formula is C30H42N4O4. The van der Waals surface area contributed by atoms with Gasteiger partial charge in [-0.2, -0.15) is 0 Å². The highest BCUT2D eigenvalue weighted by Gasteiger charge is 2.30. The van der Waals surface area contributed by atoms with E-state index >= 15 is 0 Å². The first kappa shape index (κ1) is 29.0. The number of hydrogen-bond donors (Lipinski definition) is 2. The van der Waals surface area contributed by atoms with Crippen LogP contribution < -0.4 is 19.7 Å². The van der Waals surface area contributed by atoms with Crippen LogP contribution in [0.15, 0.2) is 24.3 Å². The van der Waals surface area contributed by atoms with Crippen molar-refractivity contribution in [2.24, 2.45) is 0 Å². The summed E-state index contributed by atoms with van der Waals surface area (Å²) in [6.45, 7) is 15.0. The number of amides is 1. The fourth-order valence-corrected chi connectivity index (χ4v) is 4.91. The fourth-order valence-electron chi connectivity index (χ4n) is 4.91. The van der Waals surface area contributed by atoms with E-state index in [2.05, 4.69) is 44.8 Å². The minimum Gasteiger partial charge on any atom is -0.494 e. The van der Waals surface area contributed by atoms with Gasteiger partial charge in [-0.25, -0.2) is 0 Å². The molecule has 0 saturated carbocycles. The van der Waals surface area contributed by atoms with Gasteiger partial charge >= 0.3 is 0 Å². The third kappa shape index (κ3) is 5.95. The molecule has 8 heteroatoms. The van der Waals surface area contributed by atoms with Crippen LogP contribution in [0, 0.1) is 5.41 Å². The van der Waals surface area contributed by atoms with Crippen molar-refractivity contribution < 1.29 is 19.1 Å². The number of hydrogen-bond acceptors (Lipinski definition) is 6. The number of benzene rings is 2. The van der Waals surface area contributed by atoms with E-state index in [1.807, 2.05) is 31.2 Å². The van der Waals surface area contributed by atoms with Gasteiger partial charge in [0.25, 0.3) is 0 Å². The number of nitrogens with one attached hydrogen (secondary N) is 2. The second kappa shape index (κ2) is 11.9. The number of Topliss-reactive ketones (excluding diaryl/α,β-unsaturated/α-hetero) is 1. The molecule has 2 N–H and O–H groups in total. The van der Waals surface area contributed by atoms with Crippen LogP contribution in [0.1, 0.15) is 74.2 Å². The second-order valence-corrected chi connectivity index (χ2v) is 10.5. The van der Waals surface area contributed by atoms with E-state index in [1.165, 1.54) is 0 Å². The van der Waals surface area contributed by atoms with Crippen molar-refractivity contribution in [1.82, 2.24) is 10.2 Å². The van der Waals surface area contributed by atoms with E-state index in [0.29, 0.717) is 24.5 Å². The summed E-state index contributed by atoms with van der Waals surface area (Å²) in [6, 6.07) is 7.62. The Kier molecular flexibility index (Phi) is 9.07. The normalized spacial score (nSPS) is 12.8. The Morgan fingerprint density at radius 3 is 2.34 bits per heavy atom.